The Morgan fingerprint density at radius 1 is 1.10 bits per heavy atom. The van der Waals surface area contributed by atoms with Crippen molar-refractivity contribution < 1.29 is 4.39 Å². The summed E-state index contributed by atoms with van der Waals surface area (Å²) in [7, 11) is 0. The molecule has 3 rings (SSSR count). The average molecular weight is 348 g/mol. The smallest absolute Gasteiger partial charge is 0.139 e. The molecule has 0 heterocycles. The van der Waals surface area contributed by atoms with Crippen molar-refractivity contribution in [3.63, 3.8) is 0 Å². The molecular formula is C18H19BrFN. The summed E-state index contributed by atoms with van der Waals surface area (Å²) >= 11 is 3.22. The molecule has 0 unspecified atom stereocenters. The minimum Gasteiger partial charge on any atom is -0.382 e. The summed E-state index contributed by atoms with van der Waals surface area (Å²) in [4.78, 5) is 0. The molecule has 0 spiro atoms. The van der Waals surface area contributed by atoms with Crippen LogP contribution in [0.4, 0.5) is 10.1 Å². The predicted octanol–water partition coefficient (Wildman–Crippen LogP) is 5.56. The maximum absolute atomic E-state index is 13.6. The number of anilines is 1. The monoisotopic (exact) mass is 347 g/mol. The van der Waals surface area contributed by atoms with E-state index in [-0.39, 0.29) is 5.82 Å². The Morgan fingerprint density at radius 2 is 1.81 bits per heavy atom. The fourth-order valence-electron chi connectivity index (χ4n) is 3.06. The van der Waals surface area contributed by atoms with Crippen LogP contribution in [0.5, 0.6) is 0 Å². The third-order valence-corrected chi connectivity index (χ3v) is 5.00. The average Bonchev–Trinajstić information content (AvgIpc) is 2.40. The van der Waals surface area contributed by atoms with Crippen molar-refractivity contribution in [3.8, 4) is 0 Å². The van der Waals surface area contributed by atoms with Gasteiger partial charge in [-0.25, -0.2) is 4.39 Å². The van der Waals surface area contributed by atoms with Gasteiger partial charge in [0.2, 0.25) is 0 Å². The van der Waals surface area contributed by atoms with Gasteiger partial charge in [-0.2, -0.15) is 0 Å². The highest BCUT2D eigenvalue weighted by Gasteiger charge is 2.31. The molecule has 110 valence electrons. The van der Waals surface area contributed by atoms with Gasteiger partial charge in [0.25, 0.3) is 0 Å². The maximum Gasteiger partial charge on any atom is 0.139 e. The van der Waals surface area contributed by atoms with Crippen molar-refractivity contribution >= 4 is 21.6 Å². The van der Waals surface area contributed by atoms with E-state index < -0.39 is 0 Å². The largest absolute Gasteiger partial charge is 0.382 e. The van der Waals surface area contributed by atoms with E-state index in [0.717, 1.165) is 24.1 Å². The van der Waals surface area contributed by atoms with E-state index in [4.69, 9.17) is 0 Å². The van der Waals surface area contributed by atoms with Gasteiger partial charge in [-0.05, 0) is 77.4 Å². The van der Waals surface area contributed by atoms with Crippen LogP contribution in [0, 0.1) is 19.7 Å². The summed E-state index contributed by atoms with van der Waals surface area (Å²) in [5, 5.41) is 3.47. The number of benzene rings is 2. The molecule has 21 heavy (non-hydrogen) atoms. The highest BCUT2D eigenvalue weighted by molar-refractivity contribution is 9.10. The minimum atomic E-state index is -0.210. The summed E-state index contributed by atoms with van der Waals surface area (Å²) < 4.78 is 14.2. The van der Waals surface area contributed by atoms with Gasteiger partial charge in [0.05, 0.1) is 4.47 Å². The van der Waals surface area contributed by atoms with E-state index >= 15 is 0 Å². The number of aryl methyl sites for hydroxylation is 2. The predicted molar refractivity (Wildman–Crippen MR) is 89.4 cm³/mol. The first kappa shape index (κ1) is 14.6. The van der Waals surface area contributed by atoms with Crippen LogP contribution in [0.3, 0.4) is 0 Å². The molecule has 1 fully saturated rings. The quantitative estimate of drug-likeness (QED) is 0.765. The maximum atomic E-state index is 13.6. The van der Waals surface area contributed by atoms with Crippen LogP contribution < -0.4 is 5.32 Å². The fraction of sp³-hybridized carbons (Fsp3) is 0.333. The summed E-state index contributed by atoms with van der Waals surface area (Å²) in [6, 6.07) is 12.4. The summed E-state index contributed by atoms with van der Waals surface area (Å²) in [5.74, 6) is 0.419. The van der Waals surface area contributed by atoms with Gasteiger partial charge in [-0.3, -0.25) is 0 Å². The normalized spacial score (nSPS) is 21.0. The second kappa shape index (κ2) is 5.80. The molecule has 0 atom stereocenters. The minimum absolute atomic E-state index is 0.210. The lowest BCUT2D eigenvalue weighted by Crippen LogP contribution is -2.34. The summed E-state index contributed by atoms with van der Waals surface area (Å²) in [6.45, 7) is 4.17. The molecular weight excluding hydrogens is 329 g/mol. The second-order valence-electron chi connectivity index (χ2n) is 5.95. The zero-order valence-corrected chi connectivity index (χ0v) is 13.9. The van der Waals surface area contributed by atoms with Gasteiger partial charge in [-0.15, -0.1) is 0 Å². The first-order valence-corrected chi connectivity index (χ1v) is 8.11. The zero-order valence-electron chi connectivity index (χ0n) is 12.3. The molecule has 0 saturated heterocycles. The third kappa shape index (κ3) is 2.98. The van der Waals surface area contributed by atoms with Crippen molar-refractivity contribution in [3.05, 3.63) is 63.4 Å². The Morgan fingerprint density at radius 3 is 2.52 bits per heavy atom. The molecule has 2 aromatic carbocycles. The van der Waals surface area contributed by atoms with Crippen LogP contribution in [0.2, 0.25) is 0 Å². The topological polar surface area (TPSA) is 12.0 Å². The zero-order chi connectivity index (χ0) is 15.0. The van der Waals surface area contributed by atoms with E-state index in [1.54, 1.807) is 6.07 Å². The van der Waals surface area contributed by atoms with E-state index in [9.17, 15) is 4.39 Å². The van der Waals surface area contributed by atoms with Gasteiger partial charge in [0.1, 0.15) is 5.82 Å². The van der Waals surface area contributed by atoms with Gasteiger partial charge < -0.3 is 5.32 Å². The molecule has 2 aromatic rings. The van der Waals surface area contributed by atoms with Crippen LogP contribution >= 0.6 is 15.9 Å². The Balaban J connectivity index is 1.65. The van der Waals surface area contributed by atoms with Crippen LogP contribution in [-0.2, 0) is 0 Å². The van der Waals surface area contributed by atoms with Crippen molar-refractivity contribution in [2.75, 3.05) is 5.32 Å². The number of hydrogen-bond acceptors (Lipinski definition) is 1. The lowest BCUT2D eigenvalue weighted by atomic mass is 9.74. The lowest BCUT2D eigenvalue weighted by molar-refractivity contribution is 0.373. The molecule has 1 aliphatic carbocycles. The van der Waals surface area contributed by atoms with Crippen LogP contribution in [0.1, 0.15) is 35.4 Å². The molecule has 1 N–H and O–H groups in total. The molecule has 3 heteroatoms. The first-order chi connectivity index (χ1) is 10.0. The van der Waals surface area contributed by atoms with Gasteiger partial charge in [0.15, 0.2) is 0 Å². The molecule has 0 bridgehead atoms. The molecule has 0 amide bonds. The van der Waals surface area contributed by atoms with Crippen LogP contribution in [0.15, 0.2) is 40.9 Å². The molecule has 0 radical (unpaired) electrons. The van der Waals surface area contributed by atoms with Gasteiger partial charge in [-0.1, -0.05) is 24.3 Å². The highest BCUT2D eigenvalue weighted by atomic mass is 79.9. The van der Waals surface area contributed by atoms with E-state index in [0.29, 0.717) is 16.4 Å². The molecule has 1 nitrogen and oxygen atoms in total. The number of hydrogen-bond donors (Lipinski definition) is 1. The van der Waals surface area contributed by atoms with Gasteiger partial charge in [0, 0.05) is 11.7 Å². The molecule has 1 aliphatic rings. The van der Waals surface area contributed by atoms with Crippen LogP contribution in [0.25, 0.3) is 0 Å². The summed E-state index contributed by atoms with van der Waals surface area (Å²) in [6.07, 6.45) is 2.23. The second-order valence-corrected chi connectivity index (χ2v) is 6.80. The first-order valence-electron chi connectivity index (χ1n) is 7.32. The Kier molecular flexibility index (Phi) is 4.03. The fourth-order valence-corrected chi connectivity index (χ4v) is 3.51. The molecule has 0 aliphatic heterocycles. The van der Waals surface area contributed by atoms with Crippen molar-refractivity contribution in [1.29, 1.82) is 0 Å². The third-order valence-electron chi connectivity index (χ3n) is 4.39. The van der Waals surface area contributed by atoms with Crippen molar-refractivity contribution in [1.82, 2.24) is 0 Å². The molecule has 1 saturated carbocycles. The Bertz CT molecular complexity index is 662. The van der Waals surface area contributed by atoms with E-state index in [1.807, 2.05) is 13.0 Å². The lowest BCUT2D eigenvalue weighted by Gasteiger charge is -2.38. The van der Waals surface area contributed by atoms with E-state index in [1.165, 1.54) is 11.1 Å². The van der Waals surface area contributed by atoms with Crippen molar-refractivity contribution in [2.24, 2.45) is 0 Å². The Hall–Kier alpha value is -1.35. The summed E-state index contributed by atoms with van der Waals surface area (Å²) in [5.41, 5.74) is 4.80. The number of nitrogens with one attached hydrogen (secondary N) is 1. The Labute approximate surface area is 133 Å². The number of halogens is 2. The standard InChI is InChI=1S/C18H19BrFN/c1-11-5-3-4-6-15(11)13-8-14(9-13)21-18-10-17(20)16(19)7-12(18)2/h3-7,10,13-14,21H,8-9H2,1-2H3. The molecule has 0 aromatic heterocycles. The SMILES string of the molecule is Cc1cc(Br)c(F)cc1NC1CC(c2ccccc2C)C1. The highest BCUT2D eigenvalue weighted by Crippen LogP contribution is 2.40. The van der Waals surface area contributed by atoms with Crippen molar-refractivity contribution in [2.45, 2.75) is 38.6 Å². The van der Waals surface area contributed by atoms with E-state index in [2.05, 4.69) is 52.4 Å². The van der Waals surface area contributed by atoms with Gasteiger partial charge >= 0.3 is 0 Å². The number of rotatable bonds is 3. The van der Waals surface area contributed by atoms with Crippen LogP contribution in [-0.4, -0.2) is 6.04 Å².